The predicted molar refractivity (Wildman–Crippen MR) is 95.2 cm³/mol. The molecule has 2 N–H and O–H groups in total. The molecule has 1 aromatic carbocycles. The van der Waals surface area contributed by atoms with Crippen LogP contribution in [0.15, 0.2) is 28.1 Å². The summed E-state index contributed by atoms with van der Waals surface area (Å²) in [6.45, 7) is 8.35. The van der Waals surface area contributed by atoms with Crippen LogP contribution >= 0.6 is 11.6 Å². The number of ether oxygens (including phenoxy) is 1. The molecule has 0 radical (unpaired) electrons. The molecule has 0 amide bonds. The zero-order valence-corrected chi connectivity index (χ0v) is 14.8. The summed E-state index contributed by atoms with van der Waals surface area (Å²) in [5.74, 6) is 0.944. The van der Waals surface area contributed by atoms with Gasteiger partial charge in [0, 0.05) is 5.41 Å². The molecular weight excluding hydrogens is 330 g/mol. The van der Waals surface area contributed by atoms with Crippen molar-refractivity contribution in [3.63, 3.8) is 0 Å². The van der Waals surface area contributed by atoms with Gasteiger partial charge in [0.05, 0.1) is 17.8 Å². The first-order valence-corrected chi connectivity index (χ1v) is 7.87. The van der Waals surface area contributed by atoms with Crippen molar-refractivity contribution in [3.05, 3.63) is 45.0 Å². The van der Waals surface area contributed by atoms with Crippen molar-refractivity contribution in [1.82, 2.24) is 15.2 Å². The monoisotopic (exact) mass is 349 g/mol. The molecular formula is C16H20ClN5O2. The SMILES string of the molecule is CCOc1ccc(/C=N/Nc2nc(=O)[nH]nc2C(C)(C)C)cc1Cl. The third-order valence-corrected chi connectivity index (χ3v) is 3.35. The number of H-pyrrole nitrogens is 1. The van der Waals surface area contributed by atoms with E-state index >= 15 is 0 Å². The van der Waals surface area contributed by atoms with Crippen LogP contribution < -0.4 is 15.9 Å². The van der Waals surface area contributed by atoms with E-state index in [1.165, 1.54) is 0 Å². The summed E-state index contributed by atoms with van der Waals surface area (Å²) in [4.78, 5) is 15.3. The molecule has 1 heterocycles. The molecule has 0 saturated carbocycles. The normalized spacial score (nSPS) is 11.7. The number of hydrogen-bond donors (Lipinski definition) is 2. The van der Waals surface area contributed by atoms with E-state index in [9.17, 15) is 4.79 Å². The van der Waals surface area contributed by atoms with Crippen LogP contribution in [0, 0.1) is 0 Å². The maximum Gasteiger partial charge on any atom is 0.363 e. The third kappa shape index (κ3) is 4.55. The Hall–Kier alpha value is -2.41. The van der Waals surface area contributed by atoms with E-state index in [-0.39, 0.29) is 5.41 Å². The number of hydrazone groups is 1. The van der Waals surface area contributed by atoms with E-state index in [1.54, 1.807) is 18.3 Å². The maximum atomic E-state index is 11.4. The Bertz CT molecular complexity index is 796. The van der Waals surface area contributed by atoms with Crippen molar-refractivity contribution in [2.24, 2.45) is 5.10 Å². The number of aromatic amines is 1. The second kappa shape index (κ2) is 7.44. The van der Waals surface area contributed by atoms with Crippen molar-refractivity contribution < 1.29 is 4.74 Å². The molecule has 7 nitrogen and oxygen atoms in total. The molecule has 2 aromatic rings. The number of nitrogens with one attached hydrogen (secondary N) is 2. The van der Waals surface area contributed by atoms with Crippen molar-refractivity contribution in [3.8, 4) is 5.75 Å². The Balaban J connectivity index is 2.19. The standard InChI is InChI=1S/C16H20ClN5O2/c1-5-24-12-7-6-10(8-11(12)17)9-18-21-14-13(16(2,3)4)20-22-15(23)19-14/h6-9H,5H2,1-4H3,(H2,19,21,22,23)/b18-9+. The van der Waals surface area contributed by atoms with E-state index in [2.05, 4.69) is 25.7 Å². The van der Waals surface area contributed by atoms with Crippen LogP contribution in [-0.4, -0.2) is 28.0 Å². The lowest BCUT2D eigenvalue weighted by atomic mass is 9.92. The molecule has 0 aliphatic heterocycles. The number of anilines is 1. The number of aromatic nitrogens is 3. The number of benzene rings is 1. The minimum absolute atomic E-state index is 0.294. The maximum absolute atomic E-state index is 11.4. The summed E-state index contributed by atoms with van der Waals surface area (Å²) < 4.78 is 5.38. The van der Waals surface area contributed by atoms with Gasteiger partial charge in [-0.1, -0.05) is 32.4 Å². The van der Waals surface area contributed by atoms with Gasteiger partial charge in [0.2, 0.25) is 0 Å². The van der Waals surface area contributed by atoms with Crippen LogP contribution in [0.5, 0.6) is 5.75 Å². The minimum Gasteiger partial charge on any atom is -0.492 e. The molecule has 0 aliphatic rings. The summed E-state index contributed by atoms with van der Waals surface area (Å²) in [6, 6.07) is 5.35. The van der Waals surface area contributed by atoms with Crippen molar-refractivity contribution in [2.75, 3.05) is 12.0 Å². The summed E-state index contributed by atoms with van der Waals surface area (Å²) in [5, 5.41) is 11.0. The first kappa shape index (κ1) is 17.9. The fourth-order valence-electron chi connectivity index (χ4n) is 1.97. The lowest BCUT2D eigenvalue weighted by Crippen LogP contribution is -2.24. The molecule has 24 heavy (non-hydrogen) atoms. The molecule has 2 rings (SSSR count). The quantitative estimate of drug-likeness (QED) is 0.639. The second-order valence-electron chi connectivity index (χ2n) is 6.08. The predicted octanol–water partition coefficient (Wildman–Crippen LogP) is 2.96. The Morgan fingerprint density at radius 1 is 1.42 bits per heavy atom. The highest BCUT2D eigenvalue weighted by atomic mass is 35.5. The van der Waals surface area contributed by atoms with Gasteiger partial charge in [0.15, 0.2) is 5.82 Å². The lowest BCUT2D eigenvalue weighted by Gasteiger charge is -2.18. The summed E-state index contributed by atoms with van der Waals surface area (Å²) >= 11 is 6.14. The Labute approximate surface area is 145 Å². The molecule has 0 fully saturated rings. The average molecular weight is 350 g/mol. The van der Waals surface area contributed by atoms with Crippen LogP contribution in [0.25, 0.3) is 0 Å². The first-order valence-electron chi connectivity index (χ1n) is 7.50. The first-order chi connectivity index (χ1) is 11.3. The highest BCUT2D eigenvalue weighted by Crippen LogP contribution is 2.25. The van der Waals surface area contributed by atoms with Gasteiger partial charge in [-0.25, -0.2) is 9.89 Å². The molecule has 0 unspecified atom stereocenters. The second-order valence-corrected chi connectivity index (χ2v) is 6.49. The van der Waals surface area contributed by atoms with Gasteiger partial charge >= 0.3 is 5.69 Å². The van der Waals surface area contributed by atoms with E-state index < -0.39 is 5.69 Å². The molecule has 8 heteroatoms. The van der Waals surface area contributed by atoms with E-state index in [4.69, 9.17) is 16.3 Å². The van der Waals surface area contributed by atoms with Crippen molar-refractivity contribution >= 4 is 23.6 Å². The minimum atomic E-state index is -0.537. The molecule has 0 bridgehead atoms. The van der Waals surface area contributed by atoms with Gasteiger partial charge in [-0.15, -0.1) is 0 Å². The van der Waals surface area contributed by atoms with Crippen LogP contribution in [0.3, 0.4) is 0 Å². The van der Waals surface area contributed by atoms with Crippen molar-refractivity contribution in [2.45, 2.75) is 33.1 Å². The van der Waals surface area contributed by atoms with E-state index in [1.807, 2.05) is 33.8 Å². The molecule has 1 aromatic heterocycles. The highest BCUT2D eigenvalue weighted by Gasteiger charge is 2.21. The van der Waals surface area contributed by atoms with Gasteiger partial charge in [0.25, 0.3) is 0 Å². The molecule has 0 spiro atoms. The number of halogens is 1. The summed E-state index contributed by atoms with van der Waals surface area (Å²) in [5.41, 5.74) is 3.34. The van der Waals surface area contributed by atoms with E-state index in [0.717, 1.165) is 5.56 Å². The van der Waals surface area contributed by atoms with Crippen molar-refractivity contribution in [1.29, 1.82) is 0 Å². The average Bonchev–Trinajstić information content (AvgIpc) is 2.49. The van der Waals surface area contributed by atoms with Gasteiger partial charge in [-0.05, 0) is 30.7 Å². The summed E-state index contributed by atoms with van der Waals surface area (Å²) in [7, 11) is 0. The Morgan fingerprint density at radius 2 is 2.17 bits per heavy atom. The fourth-order valence-corrected chi connectivity index (χ4v) is 2.22. The van der Waals surface area contributed by atoms with Gasteiger partial charge in [-0.2, -0.15) is 15.2 Å². The smallest absolute Gasteiger partial charge is 0.363 e. The van der Waals surface area contributed by atoms with Crippen LogP contribution in [0.4, 0.5) is 5.82 Å². The third-order valence-electron chi connectivity index (χ3n) is 3.05. The van der Waals surface area contributed by atoms with Crippen LogP contribution in [0.2, 0.25) is 5.02 Å². The highest BCUT2D eigenvalue weighted by molar-refractivity contribution is 6.32. The fraction of sp³-hybridized carbons (Fsp3) is 0.375. The lowest BCUT2D eigenvalue weighted by molar-refractivity contribution is 0.340. The van der Waals surface area contributed by atoms with Gasteiger partial charge in [-0.3, -0.25) is 5.43 Å². The number of hydrogen-bond acceptors (Lipinski definition) is 6. The van der Waals surface area contributed by atoms with Gasteiger partial charge < -0.3 is 4.74 Å². The number of rotatable bonds is 5. The van der Waals surface area contributed by atoms with Gasteiger partial charge in [0.1, 0.15) is 11.4 Å². The van der Waals surface area contributed by atoms with Crippen LogP contribution in [-0.2, 0) is 5.41 Å². The molecule has 0 atom stereocenters. The topological polar surface area (TPSA) is 92.3 Å². The Kier molecular flexibility index (Phi) is 5.56. The summed E-state index contributed by atoms with van der Waals surface area (Å²) in [6.07, 6.45) is 1.58. The van der Waals surface area contributed by atoms with Crippen LogP contribution in [0.1, 0.15) is 39.0 Å². The number of nitrogens with zero attached hydrogens (tertiary/aromatic N) is 3. The Morgan fingerprint density at radius 3 is 2.79 bits per heavy atom. The molecule has 0 aliphatic carbocycles. The largest absolute Gasteiger partial charge is 0.492 e. The zero-order valence-electron chi connectivity index (χ0n) is 14.1. The molecule has 128 valence electrons. The van der Waals surface area contributed by atoms with E-state index in [0.29, 0.717) is 28.9 Å². The molecule has 0 saturated heterocycles. The zero-order chi connectivity index (χ0) is 17.7.